The predicted molar refractivity (Wildman–Crippen MR) is 74.9 cm³/mol. The fourth-order valence-corrected chi connectivity index (χ4v) is 2.52. The summed E-state index contributed by atoms with van der Waals surface area (Å²) in [7, 11) is 0. The highest BCUT2D eigenvalue weighted by Gasteiger charge is 2.19. The third-order valence-corrected chi connectivity index (χ3v) is 3.49. The third kappa shape index (κ3) is 3.10. The molecule has 1 aliphatic heterocycles. The molecule has 3 heteroatoms. The number of rotatable bonds is 4. The lowest BCUT2D eigenvalue weighted by Crippen LogP contribution is -2.39. The first kappa shape index (κ1) is 13.1. The van der Waals surface area contributed by atoms with Crippen molar-refractivity contribution in [2.75, 3.05) is 31.1 Å². The smallest absolute Gasteiger partial charge is 0.241 e. The van der Waals surface area contributed by atoms with Crippen LogP contribution in [0.3, 0.4) is 0 Å². The molecule has 1 amide bonds. The minimum Gasteiger partial charge on any atom is -0.312 e. The van der Waals surface area contributed by atoms with E-state index in [-0.39, 0.29) is 5.91 Å². The molecule has 1 fully saturated rings. The zero-order valence-corrected chi connectivity index (χ0v) is 11.4. The van der Waals surface area contributed by atoms with Gasteiger partial charge in [-0.25, -0.2) is 0 Å². The molecule has 0 radical (unpaired) electrons. The molecule has 0 saturated carbocycles. The topological polar surface area (TPSA) is 23.6 Å². The van der Waals surface area contributed by atoms with Crippen molar-refractivity contribution in [3.8, 4) is 0 Å². The fraction of sp³-hybridized carbons (Fsp3) is 0.533. The molecule has 0 N–H and O–H groups in total. The summed E-state index contributed by atoms with van der Waals surface area (Å²) in [5.74, 6) is 0.213. The lowest BCUT2D eigenvalue weighted by molar-refractivity contribution is -0.119. The average molecular weight is 246 g/mol. The molecule has 1 aromatic carbocycles. The minimum absolute atomic E-state index is 0.213. The molecular weight excluding hydrogens is 224 g/mol. The number of carbonyl (C=O) groups excluding carboxylic acids is 1. The van der Waals surface area contributed by atoms with Crippen LogP contribution in [0.25, 0.3) is 0 Å². The number of benzene rings is 1. The second-order valence-electron chi connectivity index (χ2n) is 4.96. The molecule has 0 unspecified atom stereocenters. The summed E-state index contributed by atoms with van der Waals surface area (Å²) in [5.41, 5.74) is 2.21. The van der Waals surface area contributed by atoms with Crippen molar-refractivity contribution in [2.24, 2.45) is 0 Å². The maximum absolute atomic E-state index is 12.3. The van der Waals surface area contributed by atoms with Gasteiger partial charge in [0.25, 0.3) is 0 Å². The largest absolute Gasteiger partial charge is 0.312 e. The maximum atomic E-state index is 12.3. The molecule has 18 heavy (non-hydrogen) atoms. The molecular formula is C15H22N2O. The van der Waals surface area contributed by atoms with Crippen molar-refractivity contribution in [2.45, 2.75) is 26.7 Å². The van der Waals surface area contributed by atoms with E-state index in [1.807, 2.05) is 24.0 Å². The highest BCUT2D eigenvalue weighted by molar-refractivity contribution is 5.94. The van der Waals surface area contributed by atoms with E-state index < -0.39 is 0 Å². The molecule has 0 aliphatic carbocycles. The van der Waals surface area contributed by atoms with Crippen LogP contribution < -0.4 is 4.90 Å². The van der Waals surface area contributed by atoms with Crippen LogP contribution in [0.1, 0.15) is 25.3 Å². The van der Waals surface area contributed by atoms with E-state index in [1.165, 1.54) is 18.4 Å². The van der Waals surface area contributed by atoms with E-state index in [2.05, 4.69) is 24.0 Å². The van der Waals surface area contributed by atoms with Crippen molar-refractivity contribution in [3.63, 3.8) is 0 Å². The van der Waals surface area contributed by atoms with Gasteiger partial charge in [0.05, 0.1) is 6.54 Å². The minimum atomic E-state index is 0.213. The van der Waals surface area contributed by atoms with Crippen LogP contribution in [0.5, 0.6) is 0 Å². The highest BCUT2D eigenvalue weighted by Crippen LogP contribution is 2.17. The second-order valence-corrected chi connectivity index (χ2v) is 4.96. The van der Waals surface area contributed by atoms with Crippen molar-refractivity contribution >= 4 is 11.6 Å². The molecule has 98 valence electrons. The van der Waals surface area contributed by atoms with Gasteiger partial charge < -0.3 is 4.90 Å². The number of anilines is 1. The zero-order valence-electron chi connectivity index (χ0n) is 11.4. The Kier molecular flexibility index (Phi) is 4.37. The third-order valence-electron chi connectivity index (χ3n) is 3.49. The molecule has 1 aromatic rings. The summed E-state index contributed by atoms with van der Waals surface area (Å²) in [6, 6.07) is 8.16. The first-order valence-electron chi connectivity index (χ1n) is 6.80. The Bertz CT molecular complexity index is 411. The summed E-state index contributed by atoms with van der Waals surface area (Å²) in [6.45, 7) is 7.51. The Balaban J connectivity index is 2.05. The summed E-state index contributed by atoms with van der Waals surface area (Å²) in [6.07, 6.45) is 2.45. The Morgan fingerprint density at radius 1 is 1.33 bits per heavy atom. The van der Waals surface area contributed by atoms with Crippen LogP contribution in [0.4, 0.5) is 5.69 Å². The van der Waals surface area contributed by atoms with Crippen LogP contribution in [0.15, 0.2) is 24.3 Å². The fourth-order valence-electron chi connectivity index (χ4n) is 2.52. The molecule has 1 saturated heterocycles. The summed E-state index contributed by atoms with van der Waals surface area (Å²) >= 11 is 0. The van der Waals surface area contributed by atoms with Gasteiger partial charge in [-0.15, -0.1) is 0 Å². The lowest BCUT2D eigenvalue weighted by Gasteiger charge is -2.24. The molecule has 1 aliphatic rings. The highest BCUT2D eigenvalue weighted by atomic mass is 16.2. The zero-order chi connectivity index (χ0) is 13.0. The number of hydrogen-bond donors (Lipinski definition) is 0. The van der Waals surface area contributed by atoms with Crippen molar-refractivity contribution in [1.29, 1.82) is 0 Å². The number of aryl methyl sites for hydroxylation is 1. The van der Waals surface area contributed by atoms with Crippen molar-refractivity contribution in [1.82, 2.24) is 4.90 Å². The lowest BCUT2D eigenvalue weighted by atomic mass is 10.2. The number of likely N-dealkylation sites (tertiary alicyclic amines) is 1. The Morgan fingerprint density at radius 2 is 2.06 bits per heavy atom. The normalized spacial score (nSPS) is 15.9. The number of hydrogen-bond acceptors (Lipinski definition) is 2. The van der Waals surface area contributed by atoms with Crippen molar-refractivity contribution < 1.29 is 4.79 Å². The van der Waals surface area contributed by atoms with E-state index in [0.29, 0.717) is 6.54 Å². The van der Waals surface area contributed by atoms with E-state index in [4.69, 9.17) is 0 Å². The van der Waals surface area contributed by atoms with Gasteiger partial charge in [-0.3, -0.25) is 9.69 Å². The first-order valence-corrected chi connectivity index (χ1v) is 6.80. The summed E-state index contributed by atoms with van der Waals surface area (Å²) in [4.78, 5) is 16.5. The van der Waals surface area contributed by atoms with E-state index in [0.717, 1.165) is 25.3 Å². The Labute approximate surface area is 109 Å². The summed E-state index contributed by atoms with van der Waals surface area (Å²) in [5, 5.41) is 0. The molecule has 3 nitrogen and oxygen atoms in total. The predicted octanol–water partition coefficient (Wildman–Crippen LogP) is 2.44. The van der Waals surface area contributed by atoms with Crippen molar-refractivity contribution in [3.05, 3.63) is 29.8 Å². The standard InChI is InChI=1S/C15H22N2O/c1-3-17(14-8-6-7-13(2)11-14)15(18)12-16-9-4-5-10-16/h6-8,11H,3-5,9-10,12H2,1-2H3. The van der Waals surface area contributed by atoms with Crippen LogP contribution in [-0.4, -0.2) is 37.0 Å². The molecule has 1 heterocycles. The van der Waals surface area contributed by atoms with Gasteiger partial charge >= 0.3 is 0 Å². The number of nitrogens with zero attached hydrogens (tertiary/aromatic N) is 2. The van der Waals surface area contributed by atoms with Gasteiger partial charge in [0.1, 0.15) is 0 Å². The van der Waals surface area contributed by atoms with Gasteiger partial charge in [-0.1, -0.05) is 12.1 Å². The van der Waals surface area contributed by atoms with Gasteiger partial charge in [-0.2, -0.15) is 0 Å². The van der Waals surface area contributed by atoms with E-state index >= 15 is 0 Å². The quantitative estimate of drug-likeness (QED) is 0.814. The van der Waals surface area contributed by atoms with Gasteiger partial charge in [-0.05, 0) is 57.5 Å². The Morgan fingerprint density at radius 3 is 2.67 bits per heavy atom. The monoisotopic (exact) mass is 246 g/mol. The first-order chi connectivity index (χ1) is 8.70. The van der Waals surface area contributed by atoms with Gasteiger partial charge in [0, 0.05) is 12.2 Å². The maximum Gasteiger partial charge on any atom is 0.241 e. The molecule has 0 spiro atoms. The molecule has 0 aromatic heterocycles. The average Bonchev–Trinajstić information content (AvgIpc) is 2.83. The second kappa shape index (κ2) is 6.01. The van der Waals surface area contributed by atoms with Crippen LogP contribution >= 0.6 is 0 Å². The van der Waals surface area contributed by atoms with Gasteiger partial charge in [0.2, 0.25) is 5.91 Å². The van der Waals surface area contributed by atoms with Crippen LogP contribution in [-0.2, 0) is 4.79 Å². The van der Waals surface area contributed by atoms with E-state index in [9.17, 15) is 4.79 Å². The number of carbonyl (C=O) groups is 1. The number of amides is 1. The Hall–Kier alpha value is -1.35. The van der Waals surface area contributed by atoms with Gasteiger partial charge in [0.15, 0.2) is 0 Å². The molecule has 2 rings (SSSR count). The summed E-state index contributed by atoms with van der Waals surface area (Å²) < 4.78 is 0. The molecule has 0 bridgehead atoms. The SMILES string of the molecule is CCN(C(=O)CN1CCCC1)c1cccc(C)c1. The van der Waals surface area contributed by atoms with E-state index in [1.54, 1.807) is 0 Å². The van der Waals surface area contributed by atoms with Crippen LogP contribution in [0, 0.1) is 6.92 Å². The number of likely N-dealkylation sites (N-methyl/N-ethyl adjacent to an activating group) is 1. The molecule has 0 atom stereocenters. The van der Waals surface area contributed by atoms with Crippen LogP contribution in [0.2, 0.25) is 0 Å².